The van der Waals surface area contributed by atoms with Crippen LogP contribution < -0.4 is 0 Å². The molecule has 0 radical (unpaired) electrons. The third-order valence-electron chi connectivity index (χ3n) is 1.37. The molecular formula is C14H26O4. The third-order valence-corrected chi connectivity index (χ3v) is 1.37. The van der Waals surface area contributed by atoms with Crippen molar-refractivity contribution in [1.29, 1.82) is 0 Å². The molecule has 0 fully saturated rings. The van der Waals surface area contributed by atoms with Crippen molar-refractivity contribution in [3.8, 4) is 11.8 Å². The van der Waals surface area contributed by atoms with Gasteiger partial charge in [0, 0.05) is 6.42 Å². The van der Waals surface area contributed by atoms with Gasteiger partial charge in [0.1, 0.15) is 0 Å². The zero-order valence-corrected chi connectivity index (χ0v) is 12.6. The van der Waals surface area contributed by atoms with E-state index in [9.17, 15) is 0 Å². The third kappa shape index (κ3) is 11.9. The van der Waals surface area contributed by atoms with Crippen molar-refractivity contribution in [2.45, 2.75) is 78.8 Å². The molecule has 0 aromatic rings. The largest absolute Gasteiger partial charge is 0.284 e. The van der Waals surface area contributed by atoms with Crippen molar-refractivity contribution in [3.05, 3.63) is 0 Å². The highest BCUT2D eigenvalue weighted by molar-refractivity contribution is 5.01. The predicted octanol–water partition coefficient (Wildman–Crippen LogP) is 3.61. The Morgan fingerprint density at radius 1 is 0.889 bits per heavy atom. The van der Waals surface area contributed by atoms with Crippen molar-refractivity contribution < 1.29 is 19.6 Å². The molecule has 0 saturated heterocycles. The molecule has 4 heteroatoms. The summed E-state index contributed by atoms with van der Waals surface area (Å²) >= 11 is 0. The van der Waals surface area contributed by atoms with Crippen LogP contribution in [0.2, 0.25) is 0 Å². The van der Waals surface area contributed by atoms with Crippen LogP contribution in [0.4, 0.5) is 0 Å². The summed E-state index contributed by atoms with van der Waals surface area (Å²) < 4.78 is 0. The minimum Gasteiger partial charge on any atom is -0.227 e. The summed E-state index contributed by atoms with van der Waals surface area (Å²) in [6, 6.07) is 0. The maximum atomic E-state index is 5.18. The second-order valence-electron chi connectivity index (χ2n) is 5.99. The van der Waals surface area contributed by atoms with Gasteiger partial charge in [-0.2, -0.15) is 9.78 Å². The van der Waals surface area contributed by atoms with Crippen LogP contribution in [0.25, 0.3) is 0 Å². The van der Waals surface area contributed by atoms with Crippen LogP contribution in [0.3, 0.4) is 0 Å². The van der Waals surface area contributed by atoms with Crippen LogP contribution in [-0.2, 0) is 19.6 Å². The van der Waals surface area contributed by atoms with E-state index in [1.807, 2.05) is 41.5 Å². The minimum absolute atomic E-state index is 0.421. The Morgan fingerprint density at radius 2 is 1.33 bits per heavy atom. The van der Waals surface area contributed by atoms with Crippen LogP contribution in [0.15, 0.2) is 0 Å². The van der Waals surface area contributed by atoms with Crippen molar-refractivity contribution in [3.63, 3.8) is 0 Å². The maximum Gasteiger partial charge on any atom is 0.284 e. The molecule has 0 spiro atoms. The summed E-state index contributed by atoms with van der Waals surface area (Å²) in [6.45, 7) is 13.4. The number of hydrogen-bond acceptors (Lipinski definition) is 4. The Morgan fingerprint density at radius 3 is 1.67 bits per heavy atom. The van der Waals surface area contributed by atoms with Gasteiger partial charge in [0.15, 0.2) is 0 Å². The molecule has 0 N–H and O–H groups in total. The monoisotopic (exact) mass is 258 g/mol. The van der Waals surface area contributed by atoms with Crippen molar-refractivity contribution >= 4 is 0 Å². The van der Waals surface area contributed by atoms with Gasteiger partial charge in [-0.1, -0.05) is 12.8 Å². The summed E-state index contributed by atoms with van der Waals surface area (Å²) in [5, 5.41) is 0. The lowest BCUT2D eigenvalue weighted by atomic mass is 10.2. The lowest BCUT2D eigenvalue weighted by Gasteiger charge is -2.23. The molecule has 0 saturated carbocycles. The molecule has 0 aliphatic rings. The van der Waals surface area contributed by atoms with E-state index in [4.69, 9.17) is 19.6 Å². The molecule has 0 rings (SSSR count). The normalized spacial score (nSPS) is 12.4. The van der Waals surface area contributed by atoms with Crippen LogP contribution >= 0.6 is 0 Å². The number of rotatable bonds is 5. The van der Waals surface area contributed by atoms with E-state index >= 15 is 0 Å². The Labute approximate surface area is 111 Å². The summed E-state index contributed by atoms with van der Waals surface area (Å²) in [4.78, 5) is 20.6. The summed E-state index contributed by atoms with van der Waals surface area (Å²) in [7, 11) is 0. The van der Waals surface area contributed by atoms with Gasteiger partial charge in [0.2, 0.25) is 0 Å². The smallest absolute Gasteiger partial charge is 0.227 e. The van der Waals surface area contributed by atoms with Gasteiger partial charge in [-0.3, -0.25) is 0 Å². The van der Waals surface area contributed by atoms with E-state index < -0.39 is 17.5 Å². The average Bonchev–Trinajstić information content (AvgIpc) is 2.19. The summed E-state index contributed by atoms with van der Waals surface area (Å²) in [5.41, 5.74) is -0.842. The molecular weight excluding hydrogens is 232 g/mol. The first-order valence-electron chi connectivity index (χ1n) is 6.31. The first kappa shape index (κ1) is 17.4. The zero-order valence-electron chi connectivity index (χ0n) is 12.6. The van der Waals surface area contributed by atoms with Crippen molar-refractivity contribution in [2.75, 3.05) is 0 Å². The number of hydrogen-bond donors (Lipinski definition) is 0. The maximum absolute atomic E-state index is 5.18. The van der Waals surface area contributed by atoms with E-state index in [-0.39, 0.29) is 0 Å². The molecule has 0 aromatic heterocycles. The van der Waals surface area contributed by atoms with Crippen LogP contribution in [0.5, 0.6) is 0 Å². The molecule has 0 aliphatic carbocycles. The van der Waals surface area contributed by atoms with Gasteiger partial charge in [0.25, 0.3) is 6.29 Å². The lowest BCUT2D eigenvalue weighted by Crippen LogP contribution is -2.28. The Bertz CT molecular complexity index is 257. The van der Waals surface area contributed by atoms with E-state index in [1.165, 1.54) is 0 Å². The van der Waals surface area contributed by atoms with Crippen molar-refractivity contribution in [1.82, 2.24) is 0 Å². The van der Waals surface area contributed by atoms with Gasteiger partial charge in [-0.25, -0.2) is 9.78 Å². The summed E-state index contributed by atoms with van der Waals surface area (Å²) in [6.07, 6.45) is 0.934. The van der Waals surface area contributed by atoms with Gasteiger partial charge >= 0.3 is 0 Å². The van der Waals surface area contributed by atoms with E-state index in [1.54, 1.807) is 0 Å². The highest BCUT2D eigenvalue weighted by Crippen LogP contribution is 2.13. The average molecular weight is 258 g/mol. The highest BCUT2D eigenvalue weighted by Gasteiger charge is 2.19. The standard InChI is InChI=1S/C14H26O4/c1-8-9-10-11-12(15-17-13(2,3)4)16-18-14(5,6)7/h12H,8-9H2,1-7H3. The van der Waals surface area contributed by atoms with E-state index in [0.29, 0.717) is 0 Å². The van der Waals surface area contributed by atoms with Crippen LogP contribution in [-0.4, -0.2) is 17.5 Å². The van der Waals surface area contributed by atoms with Gasteiger partial charge in [-0.05, 0) is 53.9 Å². The zero-order chi connectivity index (χ0) is 14.2. The molecule has 0 amide bonds. The molecule has 0 atom stereocenters. The number of unbranched alkanes of at least 4 members (excludes halogenated alkanes) is 1. The molecule has 0 heterocycles. The molecule has 106 valence electrons. The predicted molar refractivity (Wildman–Crippen MR) is 70.3 cm³/mol. The van der Waals surface area contributed by atoms with Crippen LogP contribution in [0.1, 0.15) is 61.3 Å². The second kappa shape index (κ2) is 7.75. The molecule has 0 aromatic carbocycles. The molecule has 4 nitrogen and oxygen atoms in total. The Balaban J connectivity index is 4.31. The fraction of sp³-hybridized carbons (Fsp3) is 0.857. The Kier molecular flexibility index (Phi) is 7.49. The molecule has 0 aliphatic heterocycles. The lowest BCUT2D eigenvalue weighted by molar-refractivity contribution is -0.482. The second-order valence-corrected chi connectivity index (χ2v) is 5.99. The fourth-order valence-corrected chi connectivity index (χ4v) is 0.721. The first-order valence-corrected chi connectivity index (χ1v) is 6.31. The fourth-order valence-electron chi connectivity index (χ4n) is 0.721. The van der Waals surface area contributed by atoms with Gasteiger partial charge in [-0.15, -0.1) is 0 Å². The highest BCUT2D eigenvalue weighted by atomic mass is 17.3. The van der Waals surface area contributed by atoms with Gasteiger partial charge in [0.05, 0.1) is 11.2 Å². The molecule has 0 bridgehead atoms. The molecule has 18 heavy (non-hydrogen) atoms. The van der Waals surface area contributed by atoms with Crippen molar-refractivity contribution in [2.24, 2.45) is 0 Å². The van der Waals surface area contributed by atoms with E-state index in [0.717, 1.165) is 12.8 Å². The van der Waals surface area contributed by atoms with Crippen LogP contribution in [0, 0.1) is 11.8 Å². The van der Waals surface area contributed by atoms with E-state index in [2.05, 4.69) is 18.8 Å². The quantitative estimate of drug-likeness (QED) is 0.327. The topological polar surface area (TPSA) is 36.9 Å². The minimum atomic E-state index is -0.838. The van der Waals surface area contributed by atoms with Gasteiger partial charge < -0.3 is 0 Å². The summed E-state index contributed by atoms with van der Waals surface area (Å²) in [5.74, 6) is 5.77. The molecule has 0 unspecified atom stereocenters. The Hall–Kier alpha value is -0.600. The first-order chi connectivity index (χ1) is 8.14. The SMILES string of the molecule is CCCC#CC(OOC(C)(C)C)OOC(C)(C)C.